The molecule has 1 aliphatic rings. The monoisotopic (exact) mass is 110 g/mol. The maximum atomic E-state index is 5.03. The van der Waals surface area contributed by atoms with Crippen LogP contribution in [0.5, 0.6) is 0 Å². The average Bonchev–Trinajstić information content (AvgIpc) is 2.48. The second-order valence-corrected chi connectivity index (χ2v) is 1.73. The maximum Gasteiger partial charge on any atom is 0.165 e. The fraction of sp³-hybridized carbons (Fsp3) is 0.429. The summed E-state index contributed by atoms with van der Waals surface area (Å²) in [7, 11) is 0. The molecule has 1 saturated heterocycles. The van der Waals surface area contributed by atoms with Crippen LogP contribution in [-0.4, -0.2) is 0 Å². The van der Waals surface area contributed by atoms with Crippen molar-refractivity contribution in [1.82, 2.24) is 0 Å². The average molecular weight is 110 g/mol. The minimum atomic E-state index is 1.05. The number of allylic oxidation sites excluding steroid dienone is 2. The van der Waals surface area contributed by atoms with Gasteiger partial charge in [0.15, 0.2) is 11.5 Å². The van der Waals surface area contributed by atoms with Crippen molar-refractivity contribution < 1.29 is 4.74 Å². The van der Waals surface area contributed by atoms with E-state index in [4.69, 9.17) is 4.74 Å². The Balaban J connectivity index is 2.47. The van der Waals surface area contributed by atoms with Crippen molar-refractivity contribution in [2.75, 3.05) is 0 Å². The van der Waals surface area contributed by atoms with Gasteiger partial charge in [0.2, 0.25) is 0 Å². The van der Waals surface area contributed by atoms with Crippen LogP contribution in [0.3, 0.4) is 0 Å². The van der Waals surface area contributed by atoms with Gasteiger partial charge in [0.05, 0.1) is 0 Å². The van der Waals surface area contributed by atoms with E-state index in [-0.39, 0.29) is 0 Å². The molecule has 1 aliphatic heterocycles. The molecule has 44 valence electrons. The summed E-state index contributed by atoms with van der Waals surface area (Å²) in [6, 6.07) is 0. The van der Waals surface area contributed by atoms with Gasteiger partial charge < -0.3 is 4.74 Å². The number of hydrogen-bond donors (Lipinski definition) is 0. The predicted molar refractivity (Wildman–Crippen MR) is 33.2 cm³/mol. The van der Waals surface area contributed by atoms with Crippen molar-refractivity contribution in [3.63, 3.8) is 0 Å². The van der Waals surface area contributed by atoms with E-state index in [1.54, 1.807) is 0 Å². The smallest absolute Gasteiger partial charge is 0.165 e. The minimum absolute atomic E-state index is 1.05. The standard InChI is InChI=1S/C7H10O/c1-3-5-7-6(4-2)8-7/h4-5H,3H2,1-2H3. The SMILES string of the molecule is CC=C1OC1=CCC. The number of rotatable bonds is 1. The van der Waals surface area contributed by atoms with E-state index >= 15 is 0 Å². The highest BCUT2D eigenvalue weighted by molar-refractivity contribution is 5.33. The van der Waals surface area contributed by atoms with Crippen molar-refractivity contribution in [2.24, 2.45) is 0 Å². The topological polar surface area (TPSA) is 12.5 Å². The third-order valence-corrected chi connectivity index (χ3v) is 1.07. The van der Waals surface area contributed by atoms with Crippen LogP contribution >= 0.6 is 0 Å². The largest absolute Gasteiger partial charge is 0.450 e. The quantitative estimate of drug-likeness (QED) is 0.471. The summed E-state index contributed by atoms with van der Waals surface area (Å²) in [6.45, 7) is 4.08. The minimum Gasteiger partial charge on any atom is -0.450 e. The summed E-state index contributed by atoms with van der Waals surface area (Å²) in [4.78, 5) is 0. The Morgan fingerprint density at radius 2 is 2.25 bits per heavy atom. The lowest BCUT2D eigenvalue weighted by molar-refractivity contribution is 0.552. The van der Waals surface area contributed by atoms with Gasteiger partial charge in [-0.05, 0) is 25.5 Å². The Morgan fingerprint density at radius 3 is 2.62 bits per heavy atom. The first kappa shape index (κ1) is 5.42. The van der Waals surface area contributed by atoms with Gasteiger partial charge in [0, 0.05) is 0 Å². The van der Waals surface area contributed by atoms with E-state index in [0.29, 0.717) is 0 Å². The van der Waals surface area contributed by atoms with Crippen LogP contribution in [0.2, 0.25) is 0 Å². The Bertz CT molecular complexity index is 142. The lowest BCUT2D eigenvalue weighted by Crippen LogP contribution is -1.49. The van der Waals surface area contributed by atoms with Crippen LogP contribution in [0.4, 0.5) is 0 Å². The van der Waals surface area contributed by atoms with Gasteiger partial charge in [-0.15, -0.1) is 0 Å². The first-order chi connectivity index (χ1) is 3.88. The van der Waals surface area contributed by atoms with Crippen molar-refractivity contribution in [1.29, 1.82) is 0 Å². The second-order valence-electron chi connectivity index (χ2n) is 1.73. The molecule has 0 saturated carbocycles. The first-order valence-electron chi connectivity index (χ1n) is 2.93. The summed E-state index contributed by atoms with van der Waals surface area (Å²) < 4.78 is 5.03. The van der Waals surface area contributed by atoms with Gasteiger partial charge >= 0.3 is 0 Å². The molecule has 0 radical (unpaired) electrons. The molecule has 1 heterocycles. The van der Waals surface area contributed by atoms with Crippen LogP contribution in [0, 0.1) is 0 Å². The molecule has 0 bridgehead atoms. The van der Waals surface area contributed by atoms with Gasteiger partial charge in [-0.1, -0.05) is 6.92 Å². The van der Waals surface area contributed by atoms with Crippen molar-refractivity contribution in [2.45, 2.75) is 20.3 Å². The number of ether oxygens (including phenoxy) is 1. The molecule has 0 spiro atoms. The zero-order valence-corrected chi connectivity index (χ0v) is 5.27. The molecule has 0 aliphatic carbocycles. The van der Waals surface area contributed by atoms with E-state index in [2.05, 4.69) is 13.0 Å². The van der Waals surface area contributed by atoms with E-state index in [9.17, 15) is 0 Å². The molecule has 0 amide bonds. The molecular weight excluding hydrogens is 100 g/mol. The summed E-state index contributed by atoms with van der Waals surface area (Å²) >= 11 is 0. The summed E-state index contributed by atoms with van der Waals surface area (Å²) in [6.07, 6.45) is 5.11. The molecular formula is C7H10O. The Kier molecular flexibility index (Phi) is 1.38. The highest BCUT2D eigenvalue weighted by Crippen LogP contribution is 2.31. The van der Waals surface area contributed by atoms with Gasteiger partial charge in [-0.2, -0.15) is 0 Å². The van der Waals surface area contributed by atoms with E-state index in [0.717, 1.165) is 17.9 Å². The number of epoxide rings is 1. The van der Waals surface area contributed by atoms with Crippen LogP contribution in [-0.2, 0) is 4.74 Å². The predicted octanol–water partition coefficient (Wildman–Crippen LogP) is 2.21. The lowest BCUT2D eigenvalue weighted by Gasteiger charge is -1.63. The van der Waals surface area contributed by atoms with E-state index in [1.165, 1.54) is 0 Å². The normalized spacial score (nSPS) is 26.2. The molecule has 0 aromatic heterocycles. The van der Waals surface area contributed by atoms with Crippen molar-refractivity contribution in [3.8, 4) is 0 Å². The third-order valence-electron chi connectivity index (χ3n) is 1.07. The molecule has 8 heavy (non-hydrogen) atoms. The Morgan fingerprint density at radius 1 is 1.50 bits per heavy atom. The van der Waals surface area contributed by atoms with Crippen molar-refractivity contribution in [3.05, 3.63) is 23.7 Å². The van der Waals surface area contributed by atoms with Gasteiger partial charge in [-0.3, -0.25) is 0 Å². The Labute approximate surface area is 49.7 Å². The zero-order valence-electron chi connectivity index (χ0n) is 5.27. The maximum absolute atomic E-state index is 5.03. The fourth-order valence-corrected chi connectivity index (χ4v) is 0.622. The highest BCUT2D eigenvalue weighted by Gasteiger charge is 2.21. The molecule has 1 nitrogen and oxygen atoms in total. The summed E-state index contributed by atoms with van der Waals surface area (Å²) in [5.41, 5.74) is 0. The third kappa shape index (κ3) is 0.915. The second kappa shape index (κ2) is 2.03. The molecule has 1 heteroatoms. The molecule has 0 aromatic rings. The first-order valence-corrected chi connectivity index (χ1v) is 2.93. The molecule has 1 rings (SSSR count). The Hall–Kier alpha value is -0.720. The highest BCUT2D eigenvalue weighted by atomic mass is 16.6. The lowest BCUT2D eigenvalue weighted by atomic mass is 10.4. The van der Waals surface area contributed by atoms with Gasteiger partial charge in [0.1, 0.15) is 0 Å². The van der Waals surface area contributed by atoms with E-state index < -0.39 is 0 Å². The van der Waals surface area contributed by atoms with E-state index in [1.807, 2.05) is 13.0 Å². The van der Waals surface area contributed by atoms with Crippen molar-refractivity contribution >= 4 is 0 Å². The number of hydrogen-bond acceptors (Lipinski definition) is 1. The van der Waals surface area contributed by atoms with Gasteiger partial charge in [-0.25, -0.2) is 0 Å². The molecule has 0 atom stereocenters. The molecule has 0 aromatic carbocycles. The summed E-state index contributed by atoms with van der Waals surface area (Å²) in [5.74, 6) is 2.11. The van der Waals surface area contributed by atoms with Gasteiger partial charge in [0.25, 0.3) is 0 Å². The molecule has 0 N–H and O–H groups in total. The van der Waals surface area contributed by atoms with Crippen LogP contribution in [0.15, 0.2) is 23.7 Å². The van der Waals surface area contributed by atoms with Crippen LogP contribution in [0.1, 0.15) is 20.3 Å². The molecule has 1 fully saturated rings. The fourth-order valence-electron chi connectivity index (χ4n) is 0.622. The zero-order chi connectivity index (χ0) is 5.98. The van der Waals surface area contributed by atoms with Crippen LogP contribution < -0.4 is 0 Å². The molecule has 0 unspecified atom stereocenters. The summed E-state index contributed by atoms with van der Waals surface area (Å²) in [5, 5.41) is 0. The van der Waals surface area contributed by atoms with Crippen LogP contribution in [0.25, 0.3) is 0 Å².